The second kappa shape index (κ2) is 4.76. The lowest BCUT2D eigenvalue weighted by molar-refractivity contribution is 0.0699. The number of nitrogen functional groups attached to an aromatic ring is 1. The van der Waals surface area contributed by atoms with Gasteiger partial charge in [-0.1, -0.05) is 26.0 Å². The van der Waals surface area contributed by atoms with E-state index in [2.05, 4.69) is 24.0 Å². The van der Waals surface area contributed by atoms with E-state index in [-0.39, 0.29) is 11.4 Å². The van der Waals surface area contributed by atoms with Crippen molar-refractivity contribution in [3.63, 3.8) is 0 Å². The summed E-state index contributed by atoms with van der Waals surface area (Å²) in [6.45, 7) is 6.11. The summed E-state index contributed by atoms with van der Waals surface area (Å²) in [5, 5.41) is 15.8. The summed E-state index contributed by atoms with van der Waals surface area (Å²) in [5.41, 5.74) is 9.05. The van der Waals surface area contributed by atoms with Crippen molar-refractivity contribution in [2.75, 3.05) is 5.73 Å². The molecular weight excluding hydrogens is 242 g/mol. The van der Waals surface area contributed by atoms with Crippen LogP contribution in [0.5, 0.6) is 0 Å². The number of rotatable bonds is 3. The zero-order valence-electron chi connectivity index (χ0n) is 11.2. The van der Waals surface area contributed by atoms with Crippen LogP contribution in [0.15, 0.2) is 18.2 Å². The fourth-order valence-electron chi connectivity index (χ4n) is 2.04. The molecule has 0 spiro atoms. The molecule has 2 aromatic rings. The summed E-state index contributed by atoms with van der Waals surface area (Å²) in [7, 11) is 0. The molecule has 19 heavy (non-hydrogen) atoms. The minimum Gasteiger partial charge on any atom is -0.477 e. The Hall–Kier alpha value is -2.30. The average Bonchev–Trinajstić information content (AvgIpc) is 2.71. The van der Waals surface area contributed by atoms with Crippen LogP contribution >= 0.6 is 0 Å². The van der Waals surface area contributed by atoms with E-state index < -0.39 is 5.97 Å². The molecular formula is C14H17N3O2. The van der Waals surface area contributed by atoms with Crippen molar-refractivity contribution in [1.82, 2.24) is 10.2 Å². The third-order valence-electron chi connectivity index (χ3n) is 3.21. The van der Waals surface area contributed by atoms with Gasteiger partial charge >= 0.3 is 5.97 Å². The second-order valence-corrected chi connectivity index (χ2v) is 4.89. The molecule has 1 aromatic carbocycles. The Labute approximate surface area is 111 Å². The highest BCUT2D eigenvalue weighted by Crippen LogP contribution is 2.30. The number of aryl methyl sites for hydroxylation is 1. The quantitative estimate of drug-likeness (QED) is 0.790. The normalized spacial score (nSPS) is 10.9. The van der Waals surface area contributed by atoms with E-state index in [9.17, 15) is 9.90 Å². The number of nitrogens with one attached hydrogen (secondary N) is 1. The van der Waals surface area contributed by atoms with Gasteiger partial charge in [-0.05, 0) is 30.0 Å². The maximum Gasteiger partial charge on any atom is 0.341 e. The lowest BCUT2D eigenvalue weighted by Crippen LogP contribution is -2.02. The molecule has 0 amide bonds. The Morgan fingerprint density at radius 1 is 1.42 bits per heavy atom. The minimum absolute atomic E-state index is 0.0110. The molecule has 0 bridgehead atoms. The van der Waals surface area contributed by atoms with Crippen LogP contribution in [0.25, 0.3) is 11.3 Å². The highest BCUT2D eigenvalue weighted by Gasteiger charge is 2.20. The lowest BCUT2D eigenvalue weighted by Gasteiger charge is -2.10. The average molecular weight is 259 g/mol. The Balaban J connectivity index is 2.65. The summed E-state index contributed by atoms with van der Waals surface area (Å²) < 4.78 is 0. The van der Waals surface area contributed by atoms with E-state index in [0.717, 1.165) is 16.7 Å². The Bertz CT molecular complexity index is 630. The lowest BCUT2D eigenvalue weighted by atomic mass is 9.95. The van der Waals surface area contributed by atoms with Gasteiger partial charge in [-0.25, -0.2) is 4.79 Å². The molecule has 4 N–H and O–H groups in total. The highest BCUT2D eigenvalue weighted by molar-refractivity contribution is 5.99. The van der Waals surface area contributed by atoms with Crippen molar-refractivity contribution < 1.29 is 9.90 Å². The van der Waals surface area contributed by atoms with Gasteiger partial charge in [0.05, 0.1) is 5.69 Å². The summed E-state index contributed by atoms with van der Waals surface area (Å²) in [5.74, 6) is -0.694. The standard InChI is InChI=1S/C14H17N3O2/c1-7(2)9-5-4-8(3)10(6-9)12-11(14(18)19)13(15)17-16-12/h4-7H,1-3H3,(H,18,19)(H3,15,16,17). The van der Waals surface area contributed by atoms with E-state index in [1.54, 1.807) is 0 Å². The molecule has 5 heteroatoms. The molecule has 0 aliphatic rings. The van der Waals surface area contributed by atoms with E-state index in [0.29, 0.717) is 11.6 Å². The maximum atomic E-state index is 11.3. The number of H-pyrrole nitrogens is 1. The first-order valence-electron chi connectivity index (χ1n) is 6.10. The topological polar surface area (TPSA) is 92.0 Å². The highest BCUT2D eigenvalue weighted by atomic mass is 16.4. The Morgan fingerprint density at radius 2 is 2.11 bits per heavy atom. The number of hydrogen-bond donors (Lipinski definition) is 3. The molecule has 1 heterocycles. The first-order valence-corrected chi connectivity index (χ1v) is 6.10. The fourth-order valence-corrected chi connectivity index (χ4v) is 2.04. The van der Waals surface area contributed by atoms with Gasteiger partial charge in [0.2, 0.25) is 0 Å². The van der Waals surface area contributed by atoms with Crippen molar-refractivity contribution in [2.24, 2.45) is 0 Å². The Kier molecular flexibility index (Phi) is 3.29. The summed E-state index contributed by atoms with van der Waals surface area (Å²) in [4.78, 5) is 11.3. The Morgan fingerprint density at radius 3 is 2.68 bits per heavy atom. The first kappa shape index (κ1) is 13.1. The largest absolute Gasteiger partial charge is 0.477 e. The number of nitrogens with two attached hydrogens (primary N) is 1. The van der Waals surface area contributed by atoms with Crippen molar-refractivity contribution >= 4 is 11.8 Å². The monoisotopic (exact) mass is 259 g/mol. The number of carboxylic acid groups (broad SMARTS) is 1. The van der Waals surface area contributed by atoms with Gasteiger partial charge in [-0.2, -0.15) is 5.10 Å². The predicted molar refractivity (Wildman–Crippen MR) is 74.2 cm³/mol. The molecule has 0 fully saturated rings. The van der Waals surface area contributed by atoms with Crippen LogP contribution in [-0.4, -0.2) is 21.3 Å². The number of anilines is 1. The van der Waals surface area contributed by atoms with E-state index in [4.69, 9.17) is 5.73 Å². The van der Waals surface area contributed by atoms with E-state index >= 15 is 0 Å². The summed E-state index contributed by atoms with van der Waals surface area (Å²) >= 11 is 0. The van der Waals surface area contributed by atoms with Crippen LogP contribution < -0.4 is 5.73 Å². The van der Waals surface area contributed by atoms with Crippen molar-refractivity contribution in [3.05, 3.63) is 34.9 Å². The van der Waals surface area contributed by atoms with E-state index in [1.165, 1.54) is 0 Å². The molecule has 0 atom stereocenters. The summed E-state index contributed by atoms with van der Waals surface area (Å²) in [6, 6.07) is 6.01. The van der Waals surface area contributed by atoms with Gasteiger partial charge in [0.25, 0.3) is 0 Å². The third kappa shape index (κ3) is 2.31. The maximum absolute atomic E-state index is 11.3. The van der Waals surface area contributed by atoms with Gasteiger partial charge < -0.3 is 10.8 Å². The van der Waals surface area contributed by atoms with Gasteiger partial charge in [0, 0.05) is 5.56 Å². The zero-order chi connectivity index (χ0) is 14.2. The van der Waals surface area contributed by atoms with Crippen LogP contribution in [0.4, 0.5) is 5.82 Å². The zero-order valence-corrected chi connectivity index (χ0v) is 11.2. The number of carbonyl (C=O) groups is 1. The number of aromatic nitrogens is 2. The van der Waals surface area contributed by atoms with Crippen LogP contribution in [0.2, 0.25) is 0 Å². The van der Waals surface area contributed by atoms with Gasteiger partial charge in [0.15, 0.2) is 5.82 Å². The van der Waals surface area contributed by atoms with Crippen LogP contribution in [0.1, 0.15) is 41.3 Å². The number of nitrogens with zero attached hydrogens (tertiary/aromatic N) is 1. The smallest absolute Gasteiger partial charge is 0.341 e. The molecule has 2 rings (SSSR count). The molecule has 1 aromatic heterocycles. The van der Waals surface area contributed by atoms with Gasteiger partial charge in [0.1, 0.15) is 5.56 Å². The molecule has 0 unspecified atom stereocenters. The number of carboxylic acids is 1. The summed E-state index contributed by atoms with van der Waals surface area (Å²) in [6.07, 6.45) is 0. The minimum atomic E-state index is -1.07. The molecule has 0 radical (unpaired) electrons. The SMILES string of the molecule is Cc1ccc(C(C)C)cc1-c1[nH]nc(N)c1C(=O)O. The first-order chi connectivity index (χ1) is 8.91. The number of hydrogen-bond acceptors (Lipinski definition) is 3. The number of aromatic amines is 1. The number of benzene rings is 1. The molecule has 0 saturated carbocycles. The third-order valence-corrected chi connectivity index (χ3v) is 3.21. The van der Waals surface area contributed by atoms with Gasteiger partial charge in [-0.3, -0.25) is 5.10 Å². The molecule has 0 aliphatic heterocycles. The van der Waals surface area contributed by atoms with Crippen LogP contribution in [-0.2, 0) is 0 Å². The van der Waals surface area contributed by atoms with Crippen LogP contribution in [0, 0.1) is 6.92 Å². The van der Waals surface area contributed by atoms with Crippen molar-refractivity contribution in [2.45, 2.75) is 26.7 Å². The predicted octanol–water partition coefficient (Wildman–Crippen LogP) is 2.79. The number of aromatic carboxylic acids is 1. The molecule has 5 nitrogen and oxygen atoms in total. The fraction of sp³-hybridized carbons (Fsp3) is 0.286. The molecule has 0 saturated heterocycles. The molecule has 0 aliphatic carbocycles. The van der Waals surface area contributed by atoms with Crippen LogP contribution in [0.3, 0.4) is 0 Å². The van der Waals surface area contributed by atoms with E-state index in [1.807, 2.05) is 25.1 Å². The molecule has 100 valence electrons. The van der Waals surface area contributed by atoms with Crippen molar-refractivity contribution in [1.29, 1.82) is 0 Å². The van der Waals surface area contributed by atoms with Gasteiger partial charge in [-0.15, -0.1) is 0 Å². The second-order valence-electron chi connectivity index (χ2n) is 4.89. The van der Waals surface area contributed by atoms with Crippen molar-refractivity contribution in [3.8, 4) is 11.3 Å².